The Hall–Kier alpha value is 0. The fraction of sp³-hybridized carbons (Fsp3) is 1.00. The summed E-state index contributed by atoms with van der Waals surface area (Å²) in [5, 5.41) is 0. The second-order valence-electron chi connectivity index (χ2n) is 5.16. The molecule has 92 valence electrons. The molecule has 0 saturated carbocycles. The van der Waals surface area contributed by atoms with Crippen molar-refractivity contribution in [2.45, 2.75) is 91.4 Å². The molecule has 15 heavy (non-hydrogen) atoms. The summed E-state index contributed by atoms with van der Waals surface area (Å²) in [6.45, 7) is 7.00. The van der Waals surface area contributed by atoms with Crippen LogP contribution in [0, 0.1) is 5.92 Å². The molecule has 0 aromatic carbocycles. The van der Waals surface area contributed by atoms with Crippen LogP contribution in [-0.2, 0) is 0 Å². The molecule has 0 aliphatic carbocycles. The van der Waals surface area contributed by atoms with Crippen molar-refractivity contribution in [3.63, 3.8) is 0 Å². The van der Waals surface area contributed by atoms with Gasteiger partial charge < -0.3 is 0 Å². The average molecular weight is 212 g/mol. The first kappa shape index (κ1) is 15.0. The Bertz CT molecular complexity index is 107. The van der Waals surface area contributed by atoms with E-state index in [0.29, 0.717) is 0 Å². The van der Waals surface area contributed by atoms with Gasteiger partial charge in [-0.3, -0.25) is 0 Å². The summed E-state index contributed by atoms with van der Waals surface area (Å²) in [5.74, 6) is 0.973. The number of unbranched alkanes of at least 4 members (excludes halogenated alkanes) is 7. The third-order valence-corrected chi connectivity index (χ3v) is 3.35. The third-order valence-electron chi connectivity index (χ3n) is 3.35. The van der Waals surface area contributed by atoms with Crippen molar-refractivity contribution >= 4 is 0 Å². The van der Waals surface area contributed by atoms with Crippen LogP contribution < -0.4 is 0 Å². The van der Waals surface area contributed by atoms with Crippen LogP contribution in [0.1, 0.15) is 91.4 Å². The van der Waals surface area contributed by atoms with Crippen LogP contribution in [0.25, 0.3) is 0 Å². The van der Waals surface area contributed by atoms with Crippen LogP contribution in [-0.4, -0.2) is 0 Å². The summed E-state index contributed by atoms with van der Waals surface area (Å²) in [4.78, 5) is 0. The molecule has 0 spiro atoms. The normalized spacial score (nSPS) is 13.0. The molecule has 0 saturated heterocycles. The second kappa shape index (κ2) is 12.1. The zero-order chi connectivity index (χ0) is 11.4. The fourth-order valence-corrected chi connectivity index (χ4v) is 2.15. The van der Waals surface area contributed by atoms with E-state index in [1.165, 1.54) is 70.6 Å². The zero-order valence-electron chi connectivity index (χ0n) is 11.4. The lowest BCUT2D eigenvalue weighted by atomic mass is 9.97. The topological polar surface area (TPSA) is 0 Å². The van der Waals surface area contributed by atoms with Gasteiger partial charge in [-0.2, -0.15) is 0 Å². The van der Waals surface area contributed by atoms with Crippen LogP contribution in [0.5, 0.6) is 0 Å². The van der Waals surface area contributed by atoms with Gasteiger partial charge in [-0.05, 0) is 5.92 Å². The molecule has 0 nitrogen and oxygen atoms in total. The minimum Gasteiger partial charge on any atom is -0.0654 e. The van der Waals surface area contributed by atoms with Gasteiger partial charge in [0.2, 0.25) is 0 Å². The lowest BCUT2D eigenvalue weighted by Crippen LogP contribution is -1.94. The van der Waals surface area contributed by atoms with Crippen LogP contribution in [0.4, 0.5) is 0 Å². The third kappa shape index (κ3) is 11.9. The van der Waals surface area contributed by atoms with E-state index in [1.54, 1.807) is 0 Å². The van der Waals surface area contributed by atoms with E-state index in [1.807, 2.05) is 0 Å². The highest BCUT2D eigenvalue weighted by Gasteiger charge is 2.00. The fourth-order valence-electron chi connectivity index (χ4n) is 2.15. The molecule has 0 aliphatic rings. The van der Waals surface area contributed by atoms with Gasteiger partial charge in [-0.15, -0.1) is 0 Å². The molecule has 0 unspecified atom stereocenters. The molecule has 0 N–H and O–H groups in total. The molecule has 0 heteroatoms. The van der Waals surface area contributed by atoms with E-state index in [4.69, 9.17) is 0 Å². The van der Waals surface area contributed by atoms with Crippen LogP contribution in [0.2, 0.25) is 0 Å². The summed E-state index contributed by atoms with van der Waals surface area (Å²) in [7, 11) is 0. The standard InChI is InChI=1S/C15H32/c1-4-6-8-9-10-11-12-14-15(3)13-7-5-2/h15H,4-14H2,1-3H3/t15-/m0/s1. The maximum absolute atomic E-state index is 2.42. The van der Waals surface area contributed by atoms with Crippen molar-refractivity contribution in [1.82, 2.24) is 0 Å². The molecule has 0 rings (SSSR count). The molecule has 0 amide bonds. The van der Waals surface area contributed by atoms with E-state index < -0.39 is 0 Å². The summed E-state index contributed by atoms with van der Waals surface area (Å²) >= 11 is 0. The lowest BCUT2D eigenvalue weighted by molar-refractivity contribution is 0.441. The van der Waals surface area contributed by atoms with Crippen LogP contribution in [0.3, 0.4) is 0 Å². The van der Waals surface area contributed by atoms with Gasteiger partial charge in [-0.1, -0.05) is 91.4 Å². The maximum Gasteiger partial charge on any atom is -0.0443 e. The second-order valence-corrected chi connectivity index (χ2v) is 5.16. The predicted molar refractivity (Wildman–Crippen MR) is 71.3 cm³/mol. The van der Waals surface area contributed by atoms with Crippen molar-refractivity contribution in [1.29, 1.82) is 0 Å². The van der Waals surface area contributed by atoms with Crippen LogP contribution in [0.15, 0.2) is 0 Å². The molecule has 0 fully saturated rings. The molecule has 0 bridgehead atoms. The SMILES string of the molecule is CCCCCCCCC[C@@H](C)CCCC. The molecule has 0 aromatic heterocycles. The molecule has 0 aliphatic heterocycles. The first-order valence-electron chi connectivity index (χ1n) is 7.31. The van der Waals surface area contributed by atoms with Gasteiger partial charge in [0.05, 0.1) is 0 Å². The summed E-state index contributed by atoms with van der Waals surface area (Å²) < 4.78 is 0. The minimum absolute atomic E-state index is 0.973. The highest BCUT2D eigenvalue weighted by Crippen LogP contribution is 2.16. The summed E-state index contributed by atoms with van der Waals surface area (Å²) in [6.07, 6.45) is 15.9. The largest absolute Gasteiger partial charge is 0.0654 e. The Morgan fingerprint density at radius 1 is 0.600 bits per heavy atom. The summed E-state index contributed by atoms with van der Waals surface area (Å²) in [6, 6.07) is 0. The molecular weight excluding hydrogens is 180 g/mol. The van der Waals surface area contributed by atoms with Gasteiger partial charge in [0.15, 0.2) is 0 Å². The predicted octanol–water partition coefficient (Wildman–Crippen LogP) is 5.95. The van der Waals surface area contributed by atoms with Gasteiger partial charge in [0.1, 0.15) is 0 Å². The smallest absolute Gasteiger partial charge is 0.0443 e. The number of rotatable bonds is 11. The molecule has 0 aromatic rings. The van der Waals surface area contributed by atoms with E-state index in [-0.39, 0.29) is 0 Å². The van der Waals surface area contributed by atoms with Crippen molar-refractivity contribution in [2.24, 2.45) is 5.92 Å². The van der Waals surface area contributed by atoms with Crippen molar-refractivity contribution in [2.75, 3.05) is 0 Å². The maximum atomic E-state index is 2.42. The first-order valence-corrected chi connectivity index (χ1v) is 7.31. The summed E-state index contributed by atoms with van der Waals surface area (Å²) in [5.41, 5.74) is 0. The minimum atomic E-state index is 0.973. The number of hydrogen-bond acceptors (Lipinski definition) is 0. The van der Waals surface area contributed by atoms with Crippen molar-refractivity contribution in [3.8, 4) is 0 Å². The van der Waals surface area contributed by atoms with E-state index in [0.717, 1.165) is 5.92 Å². The van der Waals surface area contributed by atoms with E-state index in [2.05, 4.69) is 20.8 Å². The molecular formula is C15H32. The van der Waals surface area contributed by atoms with Crippen molar-refractivity contribution in [3.05, 3.63) is 0 Å². The average Bonchev–Trinajstić information content (AvgIpc) is 2.25. The lowest BCUT2D eigenvalue weighted by Gasteiger charge is -2.09. The van der Waals surface area contributed by atoms with Gasteiger partial charge in [0.25, 0.3) is 0 Å². The Balaban J connectivity index is 3.02. The molecule has 0 heterocycles. The van der Waals surface area contributed by atoms with E-state index >= 15 is 0 Å². The zero-order valence-corrected chi connectivity index (χ0v) is 11.4. The quantitative estimate of drug-likeness (QED) is 0.371. The van der Waals surface area contributed by atoms with Crippen LogP contribution >= 0.6 is 0 Å². The van der Waals surface area contributed by atoms with E-state index in [9.17, 15) is 0 Å². The Kier molecular flexibility index (Phi) is 12.1. The van der Waals surface area contributed by atoms with Crippen molar-refractivity contribution < 1.29 is 0 Å². The van der Waals surface area contributed by atoms with Gasteiger partial charge >= 0.3 is 0 Å². The monoisotopic (exact) mass is 212 g/mol. The number of hydrogen-bond donors (Lipinski definition) is 0. The highest BCUT2D eigenvalue weighted by atomic mass is 14.1. The molecule has 1 atom stereocenters. The Morgan fingerprint density at radius 2 is 1.07 bits per heavy atom. The Labute approximate surface area is 97.8 Å². The van der Waals surface area contributed by atoms with Gasteiger partial charge in [-0.25, -0.2) is 0 Å². The molecule has 0 radical (unpaired) electrons. The first-order chi connectivity index (χ1) is 7.31. The Morgan fingerprint density at radius 3 is 1.67 bits per heavy atom. The highest BCUT2D eigenvalue weighted by molar-refractivity contribution is 4.54. The van der Waals surface area contributed by atoms with Gasteiger partial charge in [0, 0.05) is 0 Å².